The van der Waals surface area contributed by atoms with E-state index in [4.69, 9.17) is 5.26 Å². The van der Waals surface area contributed by atoms with E-state index in [0.717, 1.165) is 48.8 Å². The van der Waals surface area contributed by atoms with Gasteiger partial charge in [0.05, 0.1) is 22.3 Å². The number of hydrogen-bond acceptors (Lipinski definition) is 6. The summed E-state index contributed by atoms with van der Waals surface area (Å²) in [5, 5.41) is 11.4. The molecule has 39 heavy (non-hydrogen) atoms. The zero-order valence-corrected chi connectivity index (χ0v) is 20.4. The summed E-state index contributed by atoms with van der Waals surface area (Å²) in [6.45, 7) is -1.12. The van der Waals surface area contributed by atoms with Crippen molar-refractivity contribution in [1.82, 2.24) is 19.6 Å². The Kier molecular flexibility index (Phi) is 7.62. The molecule has 2 atom stereocenters. The van der Waals surface area contributed by atoms with Crippen LogP contribution in [0.25, 0.3) is 11.3 Å². The van der Waals surface area contributed by atoms with E-state index in [1.807, 2.05) is 0 Å². The van der Waals surface area contributed by atoms with Crippen molar-refractivity contribution in [1.29, 1.82) is 5.26 Å². The number of sulfonamides is 1. The molecule has 1 fully saturated rings. The Morgan fingerprint density at radius 1 is 1.13 bits per heavy atom. The van der Waals surface area contributed by atoms with E-state index in [2.05, 4.69) is 15.3 Å². The molecular formula is C24H17F6N5O3S. The van der Waals surface area contributed by atoms with E-state index in [0.29, 0.717) is 4.31 Å². The second-order valence-electron chi connectivity index (χ2n) is 8.49. The van der Waals surface area contributed by atoms with Gasteiger partial charge in [-0.25, -0.2) is 26.6 Å². The molecule has 204 valence electrons. The maximum absolute atomic E-state index is 14.4. The van der Waals surface area contributed by atoms with E-state index in [1.54, 1.807) is 0 Å². The fourth-order valence-electron chi connectivity index (χ4n) is 3.99. The summed E-state index contributed by atoms with van der Waals surface area (Å²) in [6, 6.07) is 5.69. The van der Waals surface area contributed by atoms with Crippen LogP contribution in [0, 0.1) is 23.0 Å². The zero-order valence-electron chi connectivity index (χ0n) is 19.6. The minimum Gasteiger partial charge on any atom is -0.351 e. The van der Waals surface area contributed by atoms with Gasteiger partial charge < -0.3 is 5.32 Å². The number of benzene rings is 1. The van der Waals surface area contributed by atoms with Crippen LogP contribution in [0.2, 0.25) is 0 Å². The van der Waals surface area contributed by atoms with E-state index in [9.17, 15) is 39.6 Å². The number of halogens is 6. The minimum atomic E-state index is -4.87. The van der Waals surface area contributed by atoms with Crippen LogP contribution in [-0.2, 0) is 27.5 Å². The molecular weight excluding hydrogens is 552 g/mol. The van der Waals surface area contributed by atoms with Crippen LogP contribution in [-0.4, -0.2) is 47.4 Å². The average Bonchev–Trinajstić information content (AvgIpc) is 3.30. The number of nitrogens with zero attached hydrogens (tertiary/aromatic N) is 4. The molecule has 0 saturated carbocycles. The Morgan fingerprint density at radius 2 is 1.82 bits per heavy atom. The fraction of sp³-hybridized carbons (Fsp3) is 0.250. The molecule has 1 aromatic carbocycles. The lowest BCUT2D eigenvalue weighted by molar-refractivity contribution is -0.141. The summed E-state index contributed by atoms with van der Waals surface area (Å²) in [4.78, 5) is 19.6. The predicted octanol–water partition coefficient (Wildman–Crippen LogP) is 3.73. The molecule has 1 aliphatic rings. The van der Waals surface area contributed by atoms with Gasteiger partial charge in [-0.3, -0.25) is 9.78 Å². The molecule has 2 aromatic heterocycles. The maximum Gasteiger partial charge on any atom is 0.434 e. The summed E-state index contributed by atoms with van der Waals surface area (Å²) in [6.07, 6.45) is -5.44. The van der Waals surface area contributed by atoms with Crippen molar-refractivity contribution in [2.75, 3.05) is 6.54 Å². The number of amides is 1. The summed E-state index contributed by atoms with van der Waals surface area (Å²) in [5.74, 6) is -2.52. The van der Waals surface area contributed by atoms with Crippen LogP contribution in [0.1, 0.15) is 23.2 Å². The van der Waals surface area contributed by atoms with Crippen molar-refractivity contribution in [2.24, 2.45) is 0 Å². The van der Waals surface area contributed by atoms with Crippen molar-refractivity contribution in [2.45, 2.75) is 36.3 Å². The first-order valence-electron chi connectivity index (χ1n) is 11.1. The van der Waals surface area contributed by atoms with Gasteiger partial charge in [0.2, 0.25) is 15.9 Å². The molecule has 0 aliphatic carbocycles. The second kappa shape index (κ2) is 10.6. The first-order chi connectivity index (χ1) is 18.3. The normalized spacial score (nSPS) is 18.1. The molecule has 1 saturated heterocycles. The van der Waals surface area contributed by atoms with Gasteiger partial charge in [-0.15, -0.1) is 0 Å². The molecule has 0 unspecified atom stereocenters. The lowest BCUT2D eigenvalue weighted by Crippen LogP contribution is -2.45. The van der Waals surface area contributed by atoms with Crippen molar-refractivity contribution in [3.05, 3.63) is 77.2 Å². The van der Waals surface area contributed by atoms with Crippen LogP contribution in [0.4, 0.5) is 26.3 Å². The largest absolute Gasteiger partial charge is 0.434 e. The Morgan fingerprint density at radius 3 is 2.46 bits per heavy atom. The molecule has 0 spiro atoms. The van der Waals surface area contributed by atoms with E-state index in [-0.39, 0.29) is 21.7 Å². The smallest absolute Gasteiger partial charge is 0.351 e. The highest BCUT2D eigenvalue weighted by molar-refractivity contribution is 7.89. The molecule has 15 heteroatoms. The van der Waals surface area contributed by atoms with Gasteiger partial charge in [-0.05, 0) is 36.4 Å². The monoisotopic (exact) mass is 569 g/mol. The number of rotatable bonds is 6. The Hall–Kier alpha value is -4.03. The third-order valence-corrected chi connectivity index (χ3v) is 7.78. The van der Waals surface area contributed by atoms with Gasteiger partial charge >= 0.3 is 6.18 Å². The number of nitriles is 1. The quantitative estimate of drug-likeness (QED) is 0.453. The number of pyridine rings is 2. The number of hydrogen-bond donors (Lipinski definition) is 1. The molecule has 4 rings (SSSR count). The summed E-state index contributed by atoms with van der Waals surface area (Å²) >= 11 is 0. The van der Waals surface area contributed by atoms with Crippen molar-refractivity contribution in [3.63, 3.8) is 0 Å². The molecule has 0 bridgehead atoms. The summed E-state index contributed by atoms with van der Waals surface area (Å²) in [5.41, 5.74) is -2.42. The highest BCUT2D eigenvalue weighted by Gasteiger charge is 2.44. The van der Waals surface area contributed by atoms with Gasteiger partial charge in [0, 0.05) is 36.8 Å². The van der Waals surface area contributed by atoms with Crippen LogP contribution in [0.3, 0.4) is 0 Å². The molecule has 1 N–H and O–H groups in total. The maximum atomic E-state index is 14.4. The third-order valence-electron chi connectivity index (χ3n) is 5.89. The van der Waals surface area contributed by atoms with Gasteiger partial charge in [0.1, 0.15) is 29.9 Å². The number of carbonyl (C=O) groups is 1. The Bertz CT molecular complexity index is 1560. The second-order valence-corrected chi connectivity index (χ2v) is 10.4. The van der Waals surface area contributed by atoms with Gasteiger partial charge in [0.15, 0.2) is 5.69 Å². The average molecular weight is 569 g/mol. The minimum absolute atomic E-state index is 0.0280. The first-order valence-corrected chi connectivity index (χ1v) is 12.6. The van der Waals surface area contributed by atoms with E-state index in [1.165, 1.54) is 6.07 Å². The van der Waals surface area contributed by atoms with Crippen molar-refractivity contribution >= 4 is 15.9 Å². The Balaban J connectivity index is 1.54. The van der Waals surface area contributed by atoms with Crippen LogP contribution >= 0.6 is 0 Å². The molecule has 0 radical (unpaired) electrons. The summed E-state index contributed by atoms with van der Waals surface area (Å²) in [7, 11) is -4.37. The third kappa shape index (κ3) is 5.86. The summed E-state index contributed by atoms with van der Waals surface area (Å²) < 4.78 is 108. The molecule has 3 aromatic rings. The standard InChI is InChI=1S/C24H17F6N5O3S/c25-16-1-3-18(4-2-16)39(37,38)35-12-17(26)7-21(35)23(36)34-9-14-6-20(32-11-19(14)27)15-5-13(8-31)22(33-10-15)24(28,29)30/h1-6,10-11,17,21H,7,9,12H2,(H,34,36)/t17-,21+/m1/s1. The number of aromatic nitrogens is 2. The Labute approximate surface area is 218 Å². The zero-order chi connectivity index (χ0) is 28.5. The molecule has 1 aliphatic heterocycles. The molecule has 8 nitrogen and oxygen atoms in total. The highest BCUT2D eigenvalue weighted by atomic mass is 32.2. The lowest BCUT2D eigenvalue weighted by Gasteiger charge is -2.23. The van der Waals surface area contributed by atoms with Crippen LogP contribution < -0.4 is 5.32 Å². The van der Waals surface area contributed by atoms with Crippen LogP contribution in [0.15, 0.2) is 53.7 Å². The lowest BCUT2D eigenvalue weighted by atomic mass is 10.1. The van der Waals surface area contributed by atoms with Gasteiger partial charge in [0.25, 0.3) is 0 Å². The topological polar surface area (TPSA) is 116 Å². The highest BCUT2D eigenvalue weighted by Crippen LogP contribution is 2.32. The molecule has 3 heterocycles. The van der Waals surface area contributed by atoms with Gasteiger partial charge in [-0.1, -0.05) is 0 Å². The fourth-order valence-corrected chi connectivity index (χ4v) is 5.62. The van der Waals surface area contributed by atoms with E-state index >= 15 is 0 Å². The van der Waals surface area contributed by atoms with Crippen LogP contribution in [0.5, 0.6) is 0 Å². The van der Waals surface area contributed by atoms with Gasteiger partial charge in [-0.2, -0.15) is 22.7 Å². The number of alkyl halides is 4. The first kappa shape index (κ1) is 28.0. The SMILES string of the molecule is N#Cc1cc(-c2cc(CNC(=O)[C@@H]3C[C@@H](F)CN3S(=O)(=O)c3ccc(F)cc3)c(F)cn2)cnc1C(F)(F)F. The number of nitrogens with one attached hydrogen (secondary N) is 1. The van der Waals surface area contributed by atoms with Crippen molar-refractivity contribution < 1.29 is 39.6 Å². The van der Waals surface area contributed by atoms with E-state index < -0.39 is 76.7 Å². The molecule has 1 amide bonds. The number of carbonyl (C=O) groups excluding carboxylic acids is 1. The predicted molar refractivity (Wildman–Crippen MR) is 123 cm³/mol. The van der Waals surface area contributed by atoms with Crippen molar-refractivity contribution in [3.8, 4) is 17.3 Å².